The largest absolute Gasteiger partial charge is 0.497 e. The van der Waals surface area contributed by atoms with E-state index < -0.39 is 0 Å². The Bertz CT molecular complexity index is 851. The number of nitrogens with one attached hydrogen (secondary N) is 1. The molecule has 2 fully saturated rings. The van der Waals surface area contributed by atoms with E-state index in [4.69, 9.17) is 9.26 Å². The number of ether oxygens (including phenoxy) is 1. The zero-order valence-electron chi connectivity index (χ0n) is 18.9. The number of aromatic nitrogens is 2. The molecule has 1 amide bonds. The highest BCUT2D eigenvalue weighted by Gasteiger charge is 2.27. The summed E-state index contributed by atoms with van der Waals surface area (Å²) in [6, 6.07) is 7.60. The molecule has 2 aliphatic rings. The summed E-state index contributed by atoms with van der Waals surface area (Å²) in [5, 5.41) is 8.07. The van der Waals surface area contributed by atoms with Crippen molar-refractivity contribution < 1.29 is 14.1 Å². The summed E-state index contributed by atoms with van der Waals surface area (Å²) < 4.78 is 10.7. The van der Waals surface area contributed by atoms with Gasteiger partial charge in [0.05, 0.1) is 19.6 Å². The van der Waals surface area contributed by atoms with Crippen molar-refractivity contribution in [2.75, 3.05) is 32.5 Å². The van der Waals surface area contributed by atoms with Crippen LogP contribution < -0.4 is 10.1 Å². The molecule has 0 radical (unpaired) electrons. The highest BCUT2D eigenvalue weighted by molar-refractivity contribution is 7.99. The molecule has 1 saturated carbocycles. The monoisotopic (exact) mass is 458 g/mol. The Morgan fingerprint density at radius 3 is 2.78 bits per heavy atom. The van der Waals surface area contributed by atoms with Crippen molar-refractivity contribution in [2.24, 2.45) is 5.92 Å². The molecule has 1 saturated heterocycles. The Hall–Kier alpha value is -2.06. The number of carbonyl (C=O) groups is 1. The third kappa shape index (κ3) is 6.48. The number of hydrogen-bond acceptors (Lipinski definition) is 7. The highest BCUT2D eigenvalue weighted by Crippen LogP contribution is 2.28. The van der Waals surface area contributed by atoms with Crippen molar-refractivity contribution in [1.29, 1.82) is 0 Å². The number of rotatable bonds is 9. The zero-order valence-corrected chi connectivity index (χ0v) is 19.7. The van der Waals surface area contributed by atoms with E-state index in [0.29, 0.717) is 18.3 Å². The van der Waals surface area contributed by atoms with Crippen LogP contribution in [0.15, 0.2) is 28.8 Å². The molecule has 0 spiro atoms. The van der Waals surface area contributed by atoms with Gasteiger partial charge in [0, 0.05) is 29.7 Å². The highest BCUT2D eigenvalue weighted by atomic mass is 32.2. The van der Waals surface area contributed by atoms with Crippen LogP contribution in [0.3, 0.4) is 0 Å². The van der Waals surface area contributed by atoms with Gasteiger partial charge in [0.25, 0.3) is 0 Å². The summed E-state index contributed by atoms with van der Waals surface area (Å²) >= 11 is 2.03. The van der Waals surface area contributed by atoms with Gasteiger partial charge in [0.2, 0.25) is 17.6 Å². The van der Waals surface area contributed by atoms with Crippen LogP contribution in [0.1, 0.15) is 50.8 Å². The maximum absolute atomic E-state index is 12.7. The first-order valence-corrected chi connectivity index (χ1v) is 12.8. The van der Waals surface area contributed by atoms with Crippen molar-refractivity contribution in [3.05, 3.63) is 30.2 Å². The quantitative estimate of drug-likeness (QED) is 0.566. The van der Waals surface area contributed by atoms with Gasteiger partial charge in [0.15, 0.2) is 0 Å². The molecule has 1 aliphatic carbocycles. The lowest BCUT2D eigenvalue weighted by Crippen LogP contribution is -2.43. The topological polar surface area (TPSA) is 80.5 Å². The van der Waals surface area contributed by atoms with Crippen LogP contribution in [0.2, 0.25) is 0 Å². The maximum atomic E-state index is 12.7. The summed E-state index contributed by atoms with van der Waals surface area (Å²) in [4.78, 5) is 19.5. The number of thioether (sulfide) groups is 1. The number of hydrogen-bond donors (Lipinski definition) is 1. The average Bonchev–Trinajstić information content (AvgIpc) is 3.31. The molecular weight excluding hydrogens is 424 g/mol. The molecule has 1 atom stereocenters. The maximum Gasteiger partial charge on any atom is 0.241 e. The molecule has 32 heavy (non-hydrogen) atoms. The van der Waals surface area contributed by atoms with Gasteiger partial charge in [-0.25, -0.2) is 0 Å². The first-order chi connectivity index (χ1) is 15.7. The minimum atomic E-state index is 0.0346. The lowest BCUT2D eigenvalue weighted by molar-refractivity contribution is -0.126. The van der Waals surface area contributed by atoms with Crippen LogP contribution in [0.5, 0.6) is 5.75 Å². The first kappa shape index (κ1) is 23.1. The predicted molar refractivity (Wildman–Crippen MR) is 127 cm³/mol. The second kappa shape index (κ2) is 11.7. The fraction of sp³-hybridized carbons (Fsp3) is 0.625. The van der Waals surface area contributed by atoms with E-state index in [9.17, 15) is 4.79 Å². The molecule has 174 valence electrons. The normalized spacial score (nSPS) is 20.2. The number of likely N-dealkylation sites (tertiary alicyclic amines) is 1. The summed E-state index contributed by atoms with van der Waals surface area (Å²) in [6.07, 6.45) is 8.75. The van der Waals surface area contributed by atoms with Crippen LogP contribution in [0.4, 0.5) is 0 Å². The summed E-state index contributed by atoms with van der Waals surface area (Å²) in [7, 11) is 1.64. The molecule has 4 rings (SSSR count). The third-order valence-corrected chi connectivity index (χ3v) is 7.74. The van der Waals surface area contributed by atoms with Gasteiger partial charge in [0.1, 0.15) is 5.75 Å². The molecule has 7 nitrogen and oxygen atoms in total. The Balaban J connectivity index is 1.21. The molecule has 1 N–H and O–H groups in total. The number of piperidine rings is 1. The van der Waals surface area contributed by atoms with Gasteiger partial charge in [-0.3, -0.25) is 9.69 Å². The minimum absolute atomic E-state index is 0.0346. The van der Waals surface area contributed by atoms with E-state index >= 15 is 0 Å². The zero-order chi connectivity index (χ0) is 22.2. The Kier molecular flexibility index (Phi) is 8.45. The number of methoxy groups -OCH3 is 1. The van der Waals surface area contributed by atoms with E-state index in [0.717, 1.165) is 54.8 Å². The van der Waals surface area contributed by atoms with Gasteiger partial charge in [-0.1, -0.05) is 24.4 Å². The van der Waals surface area contributed by atoms with Crippen molar-refractivity contribution >= 4 is 17.7 Å². The average molecular weight is 459 g/mol. The molecule has 2 heterocycles. The van der Waals surface area contributed by atoms with Crippen molar-refractivity contribution in [1.82, 2.24) is 20.4 Å². The van der Waals surface area contributed by atoms with Crippen molar-refractivity contribution in [3.8, 4) is 17.1 Å². The molecule has 1 aliphatic heterocycles. The first-order valence-electron chi connectivity index (χ1n) is 11.8. The van der Waals surface area contributed by atoms with Crippen LogP contribution >= 0.6 is 11.8 Å². The number of carbonyl (C=O) groups excluding carboxylic acids is 1. The molecule has 2 aromatic rings. The van der Waals surface area contributed by atoms with Crippen molar-refractivity contribution in [2.45, 2.75) is 56.7 Å². The van der Waals surface area contributed by atoms with Gasteiger partial charge in [-0.2, -0.15) is 16.7 Å². The SMILES string of the molecule is COc1ccc(-c2noc(CN3CCCC(C(=O)NCCSC4CCCCC4)C3)n2)cc1. The van der Waals surface area contributed by atoms with E-state index in [1.54, 1.807) is 7.11 Å². The van der Waals surface area contributed by atoms with E-state index in [1.165, 1.54) is 32.1 Å². The Morgan fingerprint density at radius 2 is 2.00 bits per heavy atom. The fourth-order valence-corrected chi connectivity index (χ4v) is 5.78. The van der Waals surface area contributed by atoms with Crippen LogP contribution in [0.25, 0.3) is 11.4 Å². The minimum Gasteiger partial charge on any atom is -0.497 e. The lowest BCUT2D eigenvalue weighted by atomic mass is 9.97. The smallest absolute Gasteiger partial charge is 0.241 e. The second-order valence-electron chi connectivity index (χ2n) is 8.74. The molecule has 1 unspecified atom stereocenters. The summed E-state index contributed by atoms with van der Waals surface area (Å²) in [6.45, 7) is 3.03. The summed E-state index contributed by atoms with van der Waals surface area (Å²) in [5.74, 6) is 3.19. The molecule has 0 bridgehead atoms. The molecular formula is C24H34N4O3S. The Labute approximate surface area is 194 Å². The van der Waals surface area contributed by atoms with Crippen molar-refractivity contribution in [3.63, 3.8) is 0 Å². The van der Waals surface area contributed by atoms with Crippen LogP contribution in [-0.4, -0.2) is 58.7 Å². The summed E-state index contributed by atoms with van der Waals surface area (Å²) in [5.41, 5.74) is 0.891. The predicted octanol–water partition coefficient (Wildman–Crippen LogP) is 4.14. The number of nitrogens with zero attached hydrogens (tertiary/aromatic N) is 3. The van der Waals surface area contributed by atoms with Gasteiger partial charge in [-0.15, -0.1) is 0 Å². The second-order valence-corrected chi connectivity index (χ2v) is 10.1. The van der Waals surface area contributed by atoms with Crippen LogP contribution in [-0.2, 0) is 11.3 Å². The lowest BCUT2D eigenvalue weighted by Gasteiger charge is -2.31. The van der Waals surface area contributed by atoms with E-state index in [-0.39, 0.29) is 11.8 Å². The van der Waals surface area contributed by atoms with Gasteiger partial charge < -0.3 is 14.6 Å². The number of benzene rings is 1. The molecule has 1 aromatic carbocycles. The molecule has 1 aromatic heterocycles. The van der Waals surface area contributed by atoms with E-state index in [1.807, 2.05) is 36.0 Å². The Morgan fingerprint density at radius 1 is 1.19 bits per heavy atom. The van der Waals surface area contributed by atoms with Crippen LogP contribution in [0, 0.1) is 5.92 Å². The van der Waals surface area contributed by atoms with Gasteiger partial charge >= 0.3 is 0 Å². The van der Waals surface area contributed by atoms with E-state index in [2.05, 4.69) is 20.4 Å². The molecule has 8 heteroatoms. The third-order valence-electron chi connectivity index (χ3n) is 6.36. The number of amides is 1. The van der Waals surface area contributed by atoms with Gasteiger partial charge in [-0.05, 0) is 56.5 Å². The standard InChI is InChI=1S/C24H34N4O3S/c1-30-20-11-9-18(10-12-20)23-26-22(31-27-23)17-28-14-5-6-19(16-28)24(29)25-13-15-32-21-7-3-2-4-8-21/h9-12,19,21H,2-8,13-17H2,1H3,(H,25,29). The fourth-order valence-electron chi connectivity index (χ4n) is 4.56.